The second-order valence-corrected chi connectivity index (χ2v) is 3.65. The monoisotopic (exact) mass is 223 g/mol. The fraction of sp³-hybridized carbons (Fsp3) is 1.00. The van der Waals surface area contributed by atoms with Crippen molar-refractivity contribution in [1.29, 1.82) is 0 Å². The average molecular weight is 224 g/mol. The Bertz CT molecular complexity index is 81.4. The normalized spacial score (nSPS) is 9.86. The number of alkyl halides is 1. The van der Waals surface area contributed by atoms with Crippen molar-refractivity contribution < 1.29 is 0 Å². The zero-order chi connectivity index (χ0) is 11.2. The molecule has 0 aromatic rings. The first kappa shape index (κ1) is 16.6. The van der Waals surface area contributed by atoms with E-state index in [1.54, 1.807) is 0 Å². The highest BCUT2D eigenvalue weighted by atomic mass is 35.5. The highest BCUT2D eigenvalue weighted by Crippen LogP contribution is 1.87. The summed E-state index contributed by atoms with van der Waals surface area (Å²) < 4.78 is 0. The van der Waals surface area contributed by atoms with Crippen LogP contribution in [0.3, 0.4) is 0 Å². The minimum Gasteiger partial charge on any atom is -0.330 e. The van der Waals surface area contributed by atoms with E-state index in [1.807, 2.05) is 6.92 Å². The third-order valence-corrected chi connectivity index (χ3v) is 2.05. The fourth-order valence-electron chi connectivity index (χ4n) is 0.834. The van der Waals surface area contributed by atoms with E-state index in [0.717, 1.165) is 51.3 Å². The zero-order valence-electron chi connectivity index (χ0n) is 9.64. The van der Waals surface area contributed by atoms with Gasteiger partial charge in [0.1, 0.15) is 0 Å². The molecule has 88 valence electrons. The molecule has 4 heteroatoms. The summed E-state index contributed by atoms with van der Waals surface area (Å²) in [4.78, 5) is 2.26. The molecule has 0 aromatic heterocycles. The van der Waals surface area contributed by atoms with Crippen molar-refractivity contribution in [2.24, 2.45) is 11.5 Å². The van der Waals surface area contributed by atoms with Crippen molar-refractivity contribution in [3.8, 4) is 0 Å². The van der Waals surface area contributed by atoms with E-state index in [9.17, 15) is 0 Å². The summed E-state index contributed by atoms with van der Waals surface area (Å²) in [7, 11) is 2.10. The van der Waals surface area contributed by atoms with E-state index in [0.29, 0.717) is 0 Å². The first-order valence-corrected chi connectivity index (χ1v) is 5.91. The maximum Gasteiger partial charge on any atom is 0.0220 e. The molecule has 0 aliphatic rings. The average Bonchev–Trinajstić information content (AvgIpc) is 2.23. The summed E-state index contributed by atoms with van der Waals surface area (Å²) in [6.45, 7) is 5.81. The molecule has 0 aromatic carbocycles. The van der Waals surface area contributed by atoms with Gasteiger partial charge in [-0.15, -0.1) is 11.6 Å². The van der Waals surface area contributed by atoms with Gasteiger partial charge in [0.25, 0.3) is 0 Å². The third-order valence-electron chi connectivity index (χ3n) is 1.68. The summed E-state index contributed by atoms with van der Waals surface area (Å²) in [5.41, 5.74) is 10.7. The van der Waals surface area contributed by atoms with Crippen molar-refractivity contribution in [2.75, 3.05) is 39.1 Å². The van der Waals surface area contributed by atoms with E-state index in [1.165, 1.54) is 0 Å². The number of rotatable bonds is 7. The van der Waals surface area contributed by atoms with Crippen LogP contribution in [-0.2, 0) is 0 Å². The van der Waals surface area contributed by atoms with Crippen molar-refractivity contribution in [2.45, 2.75) is 26.2 Å². The van der Waals surface area contributed by atoms with Crippen LogP contribution in [0, 0.1) is 0 Å². The number of nitrogens with zero attached hydrogens (tertiary/aromatic N) is 1. The molecule has 0 aliphatic heterocycles. The number of halogens is 1. The fourth-order valence-corrected chi connectivity index (χ4v) is 0.834. The molecule has 0 heterocycles. The molecule has 0 unspecified atom stereocenters. The number of hydrogen-bond donors (Lipinski definition) is 2. The number of nitrogens with two attached hydrogens (primary N) is 2. The predicted molar refractivity (Wildman–Crippen MR) is 65.9 cm³/mol. The molecule has 0 saturated carbocycles. The Morgan fingerprint density at radius 3 is 1.64 bits per heavy atom. The standard InChI is InChI=1S/C7H19N3.C3H7Cl/c1-10(6-2-4-8)7-3-5-9;1-2-3-4/h2-9H2,1H3;2-3H2,1H3. The topological polar surface area (TPSA) is 55.3 Å². The minimum atomic E-state index is 0.785. The van der Waals surface area contributed by atoms with Gasteiger partial charge in [-0.3, -0.25) is 0 Å². The molecular formula is C10H26ClN3. The molecule has 0 atom stereocenters. The minimum absolute atomic E-state index is 0.785. The van der Waals surface area contributed by atoms with Crippen LogP contribution >= 0.6 is 11.6 Å². The quantitative estimate of drug-likeness (QED) is 0.639. The Kier molecular flexibility index (Phi) is 18.5. The molecule has 3 nitrogen and oxygen atoms in total. The highest BCUT2D eigenvalue weighted by molar-refractivity contribution is 6.17. The SMILES string of the molecule is CCCCl.CN(CCCN)CCCN. The van der Waals surface area contributed by atoms with E-state index in [-0.39, 0.29) is 0 Å². The first-order valence-electron chi connectivity index (χ1n) is 5.37. The largest absolute Gasteiger partial charge is 0.330 e. The van der Waals surface area contributed by atoms with E-state index in [4.69, 9.17) is 23.1 Å². The molecule has 0 amide bonds. The Hall–Kier alpha value is 0.170. The van der Waals surface area contributed by atoms with Crippen molar-refractivity contribution in [1.82, 2.24) is 4.90 Å². The number of hydrogen-bond acceptors (Lipinski definition) is 3. The smallest absolute Gasteiger partial charge is 0.0220 e. The Morgan fingerprint density at radius 1 is 1.07 bits per heavy atom. The van der Waals surface area contributed by atoms with Gasteiger partial charge >= 0.3 is 0 Å². The lowest BCUT2D eigenvalue weighted by Crippen LogP contribution is -2.24. The van der Waals surface area contributed by atoms with Gasteiger partial charge < -0.3 is 16.4 Å². The Balaban J connectivity index is 0. The van der Waals surface area contributed by atoms with Crippen LogP contribution in [0.4, 0.5) is 0 Å². The molecule has 0 rings (SSSR count). The van der Waals surface area contributed by atoms with Gasteiger partial charge in [0.15, 0.2) is 0 Å². The molecule has 0 fully saturated rings. The summed E-state index contributed by atoms with van der Waals surface area (Å²) in [6, 6.07) is 0. The van der Waals surface area contributed by atoms with Crippen molar-refractivity contribution in [3.63, 3.8) is 0 Å². The lowest BCUT2D eigenvalue weighted by molar-refractivity contribution is 0.329. The van der Waals surface area contributed by atoms with Gasteiger partial charge in [0, 0.05) is 5.88 Å². The van der Waals surface area contributed by atoms with E-state index < -0.39 is 0 Å². The Labute approximate surface area is 93.8 Å². The first-order chi connectivity index (χ1) is 6.72. The second kappa shape index (κ2) is 15.6. The molecule has 0 radical (unpaired) electrons. The van der Waals surface area contributed by atoms with Gasteiger partial charge in [-0.1, -0.05) is 6.92 Å². The summed E-state index contributed by atoms with van der Waals surface area (Å²) in [5, 5.41) is 0. The Morgan fingerprint density at radius 2 is 1.43 bits per heavy atom. The van der Waals surface area contributed by atoms with Gasteiger partial charge in [0.2, 0.25) is 0 Å². The van der Waals surface area contributed by atoms with Crippen LogP contribution in [-0.4, -0.2) is 44.0 Å². The summed E-state index contributed by atoms with van der Waals surface area (Å²) in [5.74, 6) is 0.792. The molecule has 0 aliphatic carbocycles. The van der Waals surface area contributed by atoms with Crippen LogP contribution < -0.4 is 11.5 Å². The van der Waals surface area contributed by atoms with Gasteiger partial charge in [0.05, 0.1) is 0 Å². The molecule has 0 bridgehead atoms. The lowest BCUT2D eigenvalue weighted by atomic mass is 10.3. The van der Waals surface area contributed by atoms with Crippen molar-refractivity contribution in [3.05, 3.63) is 0 Å². The van der Waals surface area contributed by atoms with Gasteiger partial charge in [-0.25, -0.2) is 0 Å². The van der Waals surface area contributed by atoms with Crippen LogP contribution in [0.1, 0.15) is 26.2 Å². The second-order valence-electron chi connectivity index (χ2n) is 3.28. The van der Waals surface area contributed by atoms with Crippen LogP contribution in [0.15, 0.2) is 0 Å². The van der Waals surface area contributed by atoms with Crippen molar-refractivity contribution >= 4 is 11.6 Å². The molecule has 0 spiro atoms. The lowest BCUT2D eigenvalue weighted by Gasteiger charge is -2.14. The maximum absolute atomic E-state index is 5.35. The van der Waals surface area contributed by atoms with Crippen LogP contribution in [0.25, 0.3) is 0 Å². The van der Waals surface area contributed by atoms with Gasteiger partial charge in [-0.2, -0.15) is 0 Å². The third kappa shape index (κ3) is 18.1. The van der Waals surface area contributed by atoms with E-state index >= 15 is 0 Å². The van der Waals surface area contributed by atoms with Crippen LogP contribution in [0.2, 0.25) is 0 Å². The molecule has 0 saturated heterocycles. The highest BCUT2D eigenvalue weighted by Gasteiger charge is 1.94. The summed E-state index contributed by atoms with van der Waals surface area (Å²) in [6.07, 6.45) is 3.25. The molecule has 14 heavy (non-hydrogen) atoms. The maximum atomic E-state index is 5.35. The summed E-state index contributed by atoms with van der Waals surface area (Å²) >= 11 is 5.19. The zero-order valence-corrected chi connectivity index (χ0v) is 10.4. The molecular weight excluding hydrogens is 198 g/mol. The van der Waals surface area contributed by atoms with E-state index in [2.05, 4.69) is 11.9 Å². The van der Waals surface area contributed by atoms with Gasteiger partial charge in [-0.05, 0) is 52.5 Å². The van der Waals surface area contributed by atoms with Crippen LogP contribution in [0.5, 0.6) is 0 Å². The molecule has 4 N–H and O–H groups in total. The predicted octanol–water partition coefficient (Wildman–Crippen LogP) is 1.25.